The highest BCUT2D eigenvalue weighted by Crippen LogP contribution is 2.23. The molecule has 5 heteroatoms. The monoisotopic (exact) mass is 334 g/mol. The molecule has 0 unspecified atom stereocenters. The summed E-state index contributed by atoms with van der Waals surface area (Å²) in [5, 5.41) is 0. The average molecular weight is 335 g/mol. The first kappa shape index (κ1) is 17.9. The maximum atomic E-state index is 5.62. The molecule has 1 atom stereocenters. The molecule has 1 aromatic rings. The molecule has 0 aromatic carbocycles. The lowest BCUT2D eigenvalue weighted by Crippen LogP contribution is -2.47. The van der Waals surface area contributed by atoms with Crippen molar-refractivity contribution in [3.05, 3.63) is 17.8 Å². The number of nitrogens with zero attached hydrogens (tertiary/aromatic N) is 4. The molecule has 3 rings (SSSR count). The minimum atomic E-state index is 0.369. The van der Waals surface area contributed by atoms with E-state index in [0.29, 0.717) is 12.0 Å². The summed E-state index contributed by atoms with van der Waals surface area (Å²) in [6.07, 6.45) is 7.18. The van der Waals surface area contributed by atoms with Crippen LogP contribution in [0, 0.1) is 0 Å². The smallest absolute Gasteiger partial charge is 0.196 e. The van der Waals surface area contributed by atoms with Crippen molar-refractivity contribution < 1.29 is 4.42 Å². The zero-order valence-corrected chi connectivity index (χ0v) is 15.7. The van der Waals surface area contributed by atoms with E-state index in [1.54, 1.807) is 0 Å². The van der Waals surface area contributed by atoms with Crippen molar-refractivity contribution in [1.29, 1.82) is 0 Å². The summed E-state index contributed by atoms with van der Waals surface area (Å²) in [4.78, 5) is 12.4. The van der Waals surface area contributed by atoms with Gasteiger partial charge >= 0.3 is 0 Å². The van der Waals surface area contributed by atoms with Gasteiger partial charge in [-0.25, -0.2) is 4.98 Å². The molecule has 0 N–H and O–H groups in total. The maximum Gasteiger partial charge on any atom is 0.196 e. The van der Waals surface area contributed by atoms with Gasteiger partial charge in [0.25, 0.3) is 0 Å². The molecule has 0 bridgehead atoms. The van der Waals surface area contributed by atoms with Crippen molar-refractivity contribution in [2.24, 2.45) is 0 Å². The third-order valence-electron chi connectivity index (χ3n) is 5.55. The molecule has 2 fully saturated rings. The fourth-order valence-corrected chi connectivity index (χ4v) is 3.87. The lowest BCUT2D eigenvalue weighted by Gasteiger charge is -2.38. The number of hydrogen-bond acceptors (Lipinski definition) is 5. The van der Waals surface area contributed by atoms with Crippen LogP contribution in [-0.4, -0.2) is 72.0 Å². The van der Waals surface area contributed by atoms with E-state index in [9.17, 15) is 0 Å². The SMILES string of the molecule is CC(C)c1nc(CN2CCCC[C@H]2CCN2CCN(C)CC2)co1. The Bertz CT molecular complexity index is 493. The Morgan fingerprint density at radius 1 is 1.17 bits per heavy atom. The fourth-order valence-electron chi connectivity index (χ4n) is 3.87. The second-order valence-electron chi connectivity index (χ2n) is 7.89. The van der Waals surface area contributed by atoms with Crippen LogP contribution in [0.5, 0.6) is 0 Å². The van der Waals surface area contributed by atoms with Crippen LogP contribution in [0.3, 0.4) is 0 Å². The topological polar surface area (TPSA) is 35.8 Å². The Balaban J connectivity index is 1.51. The number of piperidine rings is 1. The van der Waals surface area contributed by atoms with E-state index >= 15 is 0 Å². The van der Waals surface area contributed by atoms with Gasteiger partial charge in [-0.15, -0.1) is 0 Å². The van der Waals surface area contributed by atoms with Crippen molar-refractivity contribution in [3.63, 3.8) is 0 Å². The highest BCUT2D eigenvalue weighted by Gasteiger charge is 2.24. The summed E-state index contributed by atoms with van der Waals surface area (Å²) in [6, 6.07) is 0.706. The molecular formula is C19H34N4O. The van der Waals surface area contributed by atoms with Gasteiger partial charge in [0.1, 0.15) is 6.26 Å². The normalized spacial score (nSPS) is 24.8. The van der Waals surface area contributed by atoms with E-state index in [0.717, 1.165) is 18.1 Å². The quantitative estimate of drug-likeness (QED) is 0.799. The summed E-state index contributed by atoms with van der Waals surface area (Å²) >= 11 is 0. The molecule has 2 saturated heterocycles. The molecule has 136 valence electrons. The zero-order valence-electron chi connectivity index (χ0n) is 15.7. The van der Waals surface area contributed by atoms with Crippen LogP contribution in [0.2, 0.25) is 0 Å². The standard InChI is InChI=1S/C19H34N4O/c1-16(2)19-20-17(15-24-19)14-23-8-5-4-6-18(23)7-9-22-12-10-21(3)11-13-22/h15-16,18H,4-14H2,1-3H3/t18-/m0/s1. The van der Waals surface area contributed by atoms with E-state index in [4.69, 9.17) is 4.42 Å². The van der Waals surface area contributed by atoms with Crippen LogP contribution in [0.4, 0.5) is 0 Å². The third-order valence-corrected chi connectivity index (χ3v) is 5.55. The molecular weight excluding hydrogens is 300 g/mol. The molecule has 0 saturated carbocycles. The van der Waals surface area contributed by atoms with Gasteiger partial charge in [0, 0.05) is 44.7 Å². The van der Waals surface area contributed by atoms with Gasteiger partial charge in [-0.1, -0.05) is 20.3 Å². The number of aromatic nitrogens is 1. The van der Waals surface area contributed by atoms with Crippen molar-refractivity contribution >= 4 is 0 Å². The van der Waals surface area contributed by atoms with Crippen molar-refractivity contribution in [2.75, 3.05) is 46.3 Å². The Kier molecular flexibility index (Phi) is 6.31. The molecule has 0 aliphatic carbocycles. The largest absolute Gasteiger partial charge is 0.448 e. The van der Waals surface area contributed by atoms with Gasteiger partial charge in [-0.05, 0) is 39.4 Å². The number of rotatable bonds is 6. The van der Waals surface area contributed by atoms with Crippen molar-refractivity contribution in [1.82, 2.24) is 19.7 Å². The summed E-state index contributed by atoms with van der Waals surface area (Å²) in [5.74, 6) is 1.24. The fraction of sp³-hybridized carbons (Fsp3) is 0.842. The Hall–Kier alpha value is -0.910. The number of likely N-dealkylation sites (N-methyl/N-ethyl adjacent to an activating group) is 1. The highest BCUT2D eigenvalue weighted by molar-refractivity contribution is 5.00. The summed E-state index contributed by atoms with van der Waals surface area (Å²) in [7, 11) is 2.23. The predicted molar refractivity (Wildman–Crippen MR) is 97.2 cm³/mol. The lowest BCUT2D eigenvalue weighted by molar-refractivity contribution is 0.101. The summed E-state index contributed by atoms with van der Waals surface area (Å²) < 4.78 is 5.62. The van der Waals surface area contributed by atoms with Crippen molar-refractivity contribution in [3.8, 4) is 0 Å². The Morgan fingerprint density at radius 2 is 1.96 bits per heavy atom. The second kappa shape index (κ2) is 8.45. The van der Waals surface area contributed by atoms with Crippen molar-refractivity contribution in [2.45, 2.75) is 58.0 Å². The van der Waals surface area contributed by atoms with Crippen LogP contribution in [0.1, 0.15) is 57.0 Å². The number of hydrogen-bond donors (Lipinski definition) is 0. The molecule has 1 aromatic heterocycles. The van der Waals surface area contributed by atoms with Crippen LogP contribution >= 0.6 is 0 Å². The number of likely N-dealkylation sites (tertiary alicyclic amines) is 1. The Labute approximate surface area is 147 Å². The van der Waals surface area contributed by atoms with Gasteiger partial charge in [-0.3, -0.25) is 4.90 Å². The highest BCUT2D eigenvalue weighted by atomic mass is 16.3. The molecule has 5 nitrogen and oxygen atoms in total. The van der Waals surface area contributed by atoms with Crippen LogP contribution in [0.15, 0.2) is 10.7 Å². The van der Waals surface area contributed by atoms with Crippen LogP contribution < -0.4 is 0 Å². The third kappa shape index (κ3) is 4.80. The minimum Gasteiger partial charge on any atom is -0.448 e. The van der Waals surface area contributed by atoms with E-state index in [1.165, 1.54) is 65.0 Å². The molecule has 0 amide bonds. The van der Waals surface area contributed by atoms with E-state index in [2.05, 4.69) is 40.6 Å². The lowest BCUT2D eigenvalue weighted by atomic mass is 9.98. The van der Waals surface area contributed by atoms with E-state index in [1.807, 2.05) is 6.26 Å². The molecule has 2 aliphatic rings. The summed E-state index contributed by atoms with van der Waals surface area (Å²) in [6.45, 7) is 12.5. The molecule has 0 radical (unpaired) electrons. The molecule has 24 heavy (non-hydrogen) atoms. The minimum absolute atomic E-state index is 0.369. The maximum absolute atomic E-state index is 5.62. The Morgan fingerprint density at radius 3 is 2.67 bits per heavy atom. The number of piperazine rings is 1. The molecule has 3 heterocycles. The second-order valence-corrected chi connectivity index (χ2v) is 7.89. The van der Waals surface area contributed by atoms with Crippen LogP contribution in [-0.2, 0) is 6.54 Å². The van der Waals surface area contributed by atoms with Gasteiger partial charge in [0.05, 0.1) is 5.69 Å². The average Bonchev–Trinajstić information content (AvgIpc) is 3.04. The first-order chi connectivity index (χ1) is 11.6. The first-order valence-electron chi connectivity index (χ1n) is 9.71. The van der Waals surface area contributed by atoms with E-state index in [-0.39, 0.29) is 0 Å². The van der Waals surface area contributed by atoms with Crippen LogP contribution in [0.25, 0.3) is 0 Å². The first-order valence-corrected chi connectivity index (χ1v) is 9.71. The zero-order chi connectivity index (χ0) is 16.9. The van der Waals surface area contributed by atoms with Gasteiger partial charge in [0.2, 0.25) is 0 Å². The van der Waals surface area contributed by atoms with Gasteiger partial charge in [-0.2, -0.15) is 0 Å². The molecule has 2 aliphatic heterocycles. The molecule has 0 spiro atoms. The predicted octanol–water partition coefficient (Wildman–Crippen LogP) is 2.79. The van der Waals surface area contributed by atoms with E-state index < -0.39 is 0 Å². The van der Waals surface area contributed by atoms with Gasteiger partial charge < -0.3 is 14.2 Å². The van der Waals surface area contributed by atoms with Gasteiger partial charge in [0.15, 0.2) is 5.89 Å². The summed E-state index contributed by atoms with van der Waals surface area (Å²) in [5.41, 5.74) is 1.10. The number of oxazole rings is 1.